The van der Waals surface area contributed by atoms with Crippen molar-refractivity contribution in [1.82, 2.24) is 0 Å². The third-order valence-corrected chi connectivity index (χ3v) is 6.30. The molecule has 3 rings (SSSR count). The number of benzene rings is 2. The zero-order chi connectivity index (χ0) is 25.0. The lowest BCUT2D eigenvalue weighted by Gasteiger charge is -2.42. The van der Waals surface area contributed by atoms with Crippen LogP contribution in [0.4, 0.5) is 0 Å². The van der Waals surface area contributed by atoms with Crippen molar-refractivity contribution in [3.63, 3.8) is 0 Å². The first-order chi connectivity index (χ1) is 16.0. The fraction of sp³-hybridized carbons (Fsp3) is 0.462. The number of carboxylic acids is 2. The molecule has 2 aromatic rings. The Morgan fingerprint density at radius 3 is 1.82 bits per heavy atom. The molecule has 2 N–H and O–H groups in total. The van der Waals surface area contributed by atoms with E-state index in [0.29, 0.717) is 0 Å². The van der Waals surface area contributed by atoms with Gasteiger partial charge in [-0.1, -0.05) is 60.7 Å². The van der Waals surface area contributed by atoms with E-state index in [1.165, 1.54) is 0 Å². The number of carbonyl (C=O) groups is 2. The predicted molar refractivity (Wildman–Crippen MR) is 122 cm³/mol. The topological polar surface area (TPSA) is 112 Å². The van der Waals surface area contributed by atoms with E-state index in [0.717, 1.165) is 11.1 Å². The van der Waals surface area contributed by atoms with Gasteiger partial charge in [0, 0.05) is 0 Å². The van der Waals surface area contributed by atoms with E-state index >= 15 is 0 Å². The molecule has 3 atom stereocenters. The van der Waals surface area contributed by atoms with Gasteiger partial charge in [-0.25, -0.2) is 24.3 Å². The first-order valence-electron chi connectivity index (χ1n) is 11.3. The van der Waals surface area contributed by atoms with Gasteiger partial charge in [0.2, 0.25) is 5.60 Å². The first-order valence-corrected chi connectivity index (χ1v) is 11.3. The fourth-order valence-corrected chi connectivity index (χ4v) is 3.97. The van der Waals surface area contributed by atoms with Crippen molar-refractivity contribution in [2.24, 2.45) is 5.92 Å². The van der Waals surface area contributed by atoms with Crippen molar-refractivity contribution in [1.29, 1.82) is 0 Å². The molecule has 1 saturated carbocycles. The van der Waals surface area contributed by atoms with Crippen LogP contribution in [0.5, 0.6) is 0 Å². The van der Waals surface area contributed by atoms with Crippen LogP contribution in [0.1, 0.15) is 58.1 Å². The van der Waals surface area contributed by atoms with Crippen molar-refractivity contribution in [2.45, 2.75) is 69.9 Å². The standard InChI is InChI=1S/C26H32O8/c1-24(2,19-11-7-5-8-12-19)32-31-21-17-18(22(27)28)15-16-26(21,23(29)30)34-33-25(3,4)20-13-9-6-10-14-20/h5-14,18,21H,15-17H2,1-4H3,(H,27,28)(H,29,30). The maximum atomic E-state index is 12.5. The summed E-state index contributed by atoms with van der Waals surface area (Å²) in [6.45, 7) is 7.06. The maximum absolute atomic E-state index is 12.5. The monoisotopic (exact) mass is 472 g/mol. The molecule has 184 valence electrons. The van der Waals surface area contributed by atoms with Gasteiger partial charge in [0.25, 0.3) is 0 Å². The summed E-state index contributed by atoms with van der Waals surface area (Å²) in [5.74, 6) is -3.14. The molecular weight excluding hydrogens is 440 g/mol. The van der Waals surface area contributed by atoms with Gasteiger partial charge in [0.05, 0.1) is 5.92 Å². The smallest absolute Gasteiger partial charge is 0.342 e. The van der Waals surface area contributed by atoms with E-state index < -0.39 is 40.8 Å². The molecule has 1 fully saturated rings. The molecule has 2 aromatic carbocycles. The van der Waals surface area contributed by atoms with Crippen LogP contribution in [0.15, 0.2) is 60.7 Å². The van der Waals surface area contributed by atoms with Crippen LogP contribution in [-0.4, -0.2) is 33.9 Å². The van der Waals surface area contributed by atoms with Crippen LogP contribution < -0.4 is 0 Å². The average molecular weight is 473 g/mol. The second kappa shape index (κ2) is 10.2. The number of hydrogen-bond acceptors (Lipinski definition) is 6. The molecule has 0 saturated heterocycles. The van der Waals surface area contributed by atoms with Gasteiger partial charge in [-0.05, 0) is 58.1 Å². The van der Waals surface area contributed by atoms with E-state index in [4.69, 9.17) is 19.6 Å². The van der Waals surface area contributed by atoms with Gasteiger partial charge in [0.1, 0.15) is 17.3 Å². The lowest BCUT2D eigenvalue weighted by Crippen LogP contribution is -2.57. The van der Waals surface area contributed by atoms with Crippen LogP contribution >= 0.6 is 0 Å². The Bertz CT molecular complexity index is 973. The molecule has 0 radical (unpaired) electrons. The van der Waals surface area contributed by atoms with Gasteiger partial charge in [-0.3, -0.25) is 4.79 Å². The quantitative estimate of drug-likeness (QED) is 0.374. The summed E-state index contributed by atoms with van der Waals surface area (Å²) in [6.07, 6.45) is -1.36. The molecule has 34 heavy (non-hydrogen) atoms. The van der Waals surface area contributed by atoms with Crippen LogP contribution in [0.3, 0.4) is 0 Å². The normalized spacial score (nSPS) is 23.4. The largest absolute Gasteiger partial charge is 0.481 e. The van der Waals surface area contributed by atoms with Gasteiger partial charge in [-0.2, -0.15) is 0 Å². The number of hydrogen-bond donors (Lipinski definition) is 2. The highest BCUT2D eigenvalue weighted by atomic mass is 17.2. The predicted octanol–water partition coefficient (Wildman–Crippen LogP) is 4.83. The summed E-state index contributed by atoms with van der Waals surface area (Å²) < 4.78 is 0. The van der Waals surface area contributed by atoms with E-state index in [-0.39, 0.29) is 19.3 Å². The molecule has 0 heterocycles. The minimum Gasteiger partial charge on any atom is -0.481 e. The molecule has 1 aliphatic rings. The summed E-state index contributed by atoms with van der Waals surface area (Å²) in [7, 11) is 0. The number of rotatable bonds is 10. The zero-order valence-electron chi connectivity index (χ0n) is 19.9. The Morgan fingerprint density at radius 2 is 1.35 bits per heavy atom. The summed E-state index contributed by atoms with van der Waals surface area (Å²) in [6, 6.07) is 18.5. The lowest BCUT2D eigenvalue weighted by molar-refractivity contribution is -0.462. The Morgan fingerprint density at radius 1 is 0.853 bits per heavy atom. The minimum atomic E-state index is -1.95. The van der Waals surface area contributed by atoms with Crippen LogP contribution in [0.25, 0.3) is 0 Å². The van der Waals surface area contributed by atoms with Crippen molar-refractivity contribution in [2.75, 3.05) is 0 Å². The van der Waals surface area contributed by atoms with Gasteiger partial charge in [0.15, 0.2) is 0 Å². The molecule has 0 aliphatic heterocycles. The average Bonchev–Trinajstić information content (AvgIpc) is 2.82. The summed E-state index contributed by atoms with van der Waals surface area (Å²) in [4.78, 5) is 47.0. The highest BCUT2D eigenvalue weighted by molar-refractivity contribution is 5.79. The summed E-state index contributed by atoms with van der Waals surface area (Å²) >= 11 is 0. The van der Waals surface area contributed by atoms with Gasteiger partial charge >= 0.3 is 11.9 Å². The second-order valence-electron chi connectivity index (χ2n) is 9.59. The van der Waals surface area contributed by atoms with E-state index in [9.17, 15) is 19.8 Å². The Balaban J connectivity index is 1.85. The van der Waals surface area contributed by atoms with E-state index in [1.54, 1.807) is 27.7 Å². The third-order valence-electron chi connectivity index (χ3n) is 6.30. The molecule has 0 aromatic heterocycles. The van der Waals surface area contributed by atoms with Crippen LogP contribution in [-0.2, 0) is 40.3 Å². The second-order valence-corrected chi connectivity index (χ2v) is 9.59. The summed E-state index contributed by atoms with van der Waals surface area (Å²) in [5.41, 5.74) is -2.25. The zero-order valence-corrected chi connectivity index (χ0v) is 19.9. The number of aliphatic carboxylic acids is 2. The van der Waals surface area contributed by atoms with Gasteiger partial charge < -0.3 is 10.2 Å². The highest BCUT2D eigenvalue weighted by Gasteiger charge is 2.56. The van der Waals surface area contributed by atoms with Crippen molar-refractivity contribution >= 4 is 11.9 Å². The maximum Gasteiger partial charge on any atom is 0.342 e. The molecule has 1 aliphatic carbocycles. The first kappa shape index (κ1) is 25.8. The highest BCUT2D eigenvalue weighted by Crippen LogP contribution is 2.41. The molecule has 3 unspecified atom stereocenters. The van der Waals surface area contributed by atoms with Crippen molar-refractivity contribution in [3.05, 3.63) is 71.8 Å². The van der Waals surface area contributed by atoms with Gasteiger partial charge in [-0.15, -0.1) is 0 Å². The molecule has 0 spiro atoms. The lowest BCUT2D eigenvalue weighted by atomic mass is 9.76. The van der Waals surface area contributed by atoms with Crippen LogP contribution in [0, 0.1) is 5.92 Å². The fourth-order valence-electron chi connectivity index (χ4n) is 3.97. The minimum absolute atomic E-state index is 0.0959. The summed E-state index contributed by atoms with van der Waals surface area (Å²) in [5, 5.41) is 19.8. The van der Waals surface area contributed by atoms with Crippen molar-refractivity contribution in [3.8, 4) is 0 Å². The Hall–Kier alpha value is -2.78. The SMILES string of the molecule is CC(C)(OOC1CC(C(=O)O)CCC1(OOC(C)(C)c1ccccc1)C(=O)O)c1ccccc1. The van der Waals surface area contributed by atoms with E-state index in [1.807, 2.05) is 60.7 Å². The third kappa shape index (κ3) is 5.64. The Kier molecular flexibility index (Phi) is 7.77. The molecular formula is C26H32O8. The molecule has 8 nitrogen and oxygen atoms in total. The molecule has 8 heteroatoms. The van der Waals surface area contributed by atoms with E-state index in [2.05, 4.69) is 0 Å². The Labute approximate surface area is 199 Å². The molecule has 0 bridgehead atoms. The van der Waals surface area contributed by atoms with Crippen molar-refractivity contribution < 1.29 is 39.4 Å². The molecule has 0 amide bonds. The van der Waals surface area contributed by atoms with Crippen LogP contribution in [0.2, 0.25) is 0 Å². The number of carboxylic acid groups (broad SMARTS) is 2.